The van der Waals surface area contributed by atoms with E-state index in [1.807, 2.05) is 0 Å². The molecule has 0 radical (unpaired) electrons. The zero-order valence-electron chi connectivity index (χ0n) is 13.4. The van der Waals surface area contributed by atoms with Gasteiger partial charge in [0.1, 0.15) is 15.6 Å². The zero-order chi connectivity index (χ0) is 17.9. The largest absolute Gasteiger partial charge is 0.264 e. The van der Waals surface area contributed by atoms with Crippen LogP contribution in [-0.2, 0) is 20.0 Å². The van der Waals surface area contributed by atoms with E-state index in [2.05, 4.69) is 14.4 Å². The van der Waals surface area contributed by atoms with Crippen molar-refractivity contribution in [2.75, 3.05) is 4.72 Å². The van der Waals surface area contributed by atoms with Gasteiger partial charge >= 0.3 is 0 Å². The molecule has 7 nitrogen and oxygen atoms in total. The number of sulfonamides is 2. The Kier molecular flexibility index (Phi) is 5.07. The van der Waals surface area contributed by atoms with E-state index in [1.54, 1.807) is 12.1 Å². The van der Waals surface area contributed by atoms with Gasteiger partial charge in [0.2, 0.25) is 10.0 Å². The number of nitrogens with zero attached hydrogens (tertiary/aromatic N) is 1. The average molecular weight is 381 g/mol. The van der Waals surface area contributed by atoms with Crippen molar-refractivity contribution in [3.8, 4) is 0 Å². The van der Waals surface area contributed by atoms with Crippen molar-refractivity contribution >= 4 is 25.9 Å². The second kappa shape index (κ2) is 7.11. The van der Waals surface area contributed by atoms with Crippen molar-refractivity contribution in [2.45, 2.75) is 41.5 Å². The van der Waals surface area contributed by atoms with E-state index in [4.69, 9.17) is 0 Å². The van der Waals surface area contributed by atoms with Crippen molar-refractivity contribution in [3.63, 3.8) is 0 Å². The highest BCUT2D eigenvalue weighted by atomic mass is 32.2. The van der Waals surface area contributed by atoms with Crippen LogP contribution in [0.15, 0.2) is 58.5 Å². The van der Waals surface area contributed by atoms with Crippen LogP contribution in [0.25, 0.3) is 0 Å². The topological polar surface area (TPSA) is 105 Å². The minimum absolute atomic E-state index is 0.124. The van der Waals surface area contributed by atoms with Gasteiger partial charge in [-0.2, -0.15) is 0 Å². The molecule has 134 valence electrons. The summed E-state index contributed by atoms with van der Waals surface area (Å²) in [5.41, 5.74) is 0. The number of nitrogens with one attached hydrogen (secondary N) is 2. The van der Waals surface area contributed by atoms with Crippen LogP contribution < -0.4 is 9.44 Å². The summed E-state index contributed by atoms with van der Waals surface area (Å²) in [6.45, 7) is 0. The molecule has 1 aliphatic rings. The lowest BCUT2D eigenvalue weighted by Gasteiger charge is -2.16. The second-order valence-corrected chi connectivity index (χ2v) is 9.20. The summed E-state index contributed by atoms with van der Waals surface area (Å²) in [6, 6.07) is 10.2. The Hall–Kier alpha value is -1.97. The molecule has 9 heteroatoms. The lowest BCUT2D eigenvalue weighted by Crippen LogP contribution is -2.33. The van der Waals surface area contributed by atoms with Gasteiger partial charge in [-0.15, -0.1) is 0 Å². The van der Waals surface area contributed by atoms with E-state index in [1.165, 1.54) is 36.5 Å². The molecule has 2 aromatic rings. The zero-order valence-corrected chi connectivity index (χ0v) is 15.1. The summed E-state index contributed by atoms with van der Waals surface area (Å²) in [4.78, 5) is 3.35. The van der Waals surface area contributed by atoms with E-state index in [9.17, 15) is 16.8 Å². The molecule has 0 saturated heterocycles. The molecule has 1 aromatic carbocycles. The Labute approximate surface area is 147 Å². The monoisotopic (exact) mass is 381 g/mol. The molecular weight excluding hydrogens is 362 g/mol. The molecule has 0 spiro atoms. The number of anilines is 1. The van der Waals surface area contributed by atoms with Gasteiger partial charge in [-0.05, 0) is 37.1 Å². The predicted molar refractivity (Wildman–Crippen MR) is 94.1 cm³/mol. The van der Waals surface area contributed by atoms with Gasteiger partial charge in [0.05, 0.1) is 0 Å². The van der Waals surface area contributed by atoms with Gasteiger partial charge in [-0.3, -0.25) is 4.72 Å². The molecule has 0 atom stereocenters. The Morgan fingerprint density at radius 3 is 2.04 bits per heavy atom. The quantitative estimate of drug-likeness (QED) is 0.797. The summed E-state index contributed by atoms with van der Waals surface area (Å²) in [6.07, 6.45) is 4.91. The molecule has 0 bridgehead atoms. The fraction of sp³-hybridized carbons (Fsp3) is 0.312. The summed E-state index contributed by atoms with van der Waals surface area (Å²) >= 11 is 0. The SMILES string of the molecule is O=S(=O)(Nc1ccccn1)c1ccccc1S(=O)(=O)NC1CCCC1. The number of aromatic nitrogens is 1. The first-order chi connectivity index (χ1) is 11.9. The Bertz CT molecular complexity index is 938. The van der Waals surface area contributed by atoms with Crippen LogP contribution in [-0.4, -0.2) is 27.9 Å². The lowest BCUT2D eigenvalue weighted by atomic mass is 10.3. The van der Waals surface area contributed by atoms with Crippen LogP contribution in [0.5, 0.6) is 0 Å². The number of pyridine rings is 1. The standard InChI is InChI=1S/C16H19N3O4S2/c20-24(21,18-13-7-1-2-8-13)14-9-3-4-10-15(14)25(22,23)19-16-11-5-6-12-17-16/h3-6,9-13,18H,1-2,7-8H2,(H,17,19). The van der Waals surface area contributed by atoms with Gasteiger partial charge in [-0.1, -0.05) is 31.0 Å². The van der Waals surface area contributed by atoms with Crippen LogP contribution >= 0.6 is 0 Å². The third-order valence-corrected chi connectivity index (χ3v) is 7.13. The molecule has 1 saturated carbocycles. The van der Waals surface area contributed by atoms with Crippen LogP contribution in [0.1, 0.15) is 25.7 Å². The third-order valence-electron chi connectivity index (χ3n) is 4.01. The molecule has 2 N–H and O–H groups in total. The van der Waals surface area contributed by atoms with Crippen molar-refractivity contribution in [1.29, 1.82) is 0 Å². The van der Waals surface area contributed by atoms with E-state index in [-0.39, 0.29) is 21.7 Å². The summed E-state index contributed by atoms with van der Waals surface area (Å²) in [5, 5.41) is 0. The van der Waals surface area contributed by atoms with Gasteiger partial charge < -0.3 is 0 Å². The maximum atomic E-state index is 12.7. The third kappa shape index (κ3) is 4.17. The number of rotatable bonds is 6. The minimum atomic E-state index is -4.09. The summed E-state index contributed by atoms with van der Waals surface area (Å²) in [7, 11) is -8.03. The van der Waals surface area contributed by atoms with Crippen molar-refractivity contribution in [2.24, 2.45) is 0 Å². The molecule has 0 unspecified atom stereocenters. The molecule has 25 heavy (non-hydrogen) atoms. The van der Waals surface area contributed by atoms with Crippen LogP contribution in [0, 0.1) is 0 Å². The normalized spacial score (nSPS) is 16.0. The fourth-order valence-corrected chi connectivity index (χ4v) is 5.98. The first-order valence-electron chi connectivity index (χ1n) is 7.94. The minimum Gasteiger partial charge on any atom is -0.263 e. The Morgan fingerprint density at radius 2 is 1.44 bits per heavy atom. The van der Waals surface area contributed by atoms with Crippen LogP contribution in [0.3, 0.4) is 0 Å². The molecule has 3 rings (SSSR count). The molecule has 1 fully saturated rings. The number of hydrogen-bond acceptors (Lipinski definition) is 5. The van der Waals surface area contributed by atoms with E-state index in [0.717, 1.165) is 25.7 Å². The summed E-state index contributed by atoms with van der Waals surface area (Å²) in [5.74, 6) is 0.124. The molecule has 0 aliphatic heterocycles. The Morgan fingerprint density at radius 1 is 0.840 bits per heavy atom. The van der Waals surface area contributed by atoms with E-state index < -0.39 is 20.0 Å². The number of hydrogen-bond donors (Lipinski definition) is 2. The fourth-order valence-electron chi connectivity index (χ4n) is 2.84. The summed E-state index contributed by atoms with van der Waals surface area (Å²) < 4.78 is 55.6. The number of benzene rings is 1. The highest BCUT2D eigenvalue weighted by molar-refractivity contribution is 7.94. The van der Waals surface area contributed by atoms with Crippen LogP contribution in [0.4, 0.5) is 5.82 Å². The smallest absolute Gasteiger partial charge is 0.263 e. The molecule has 1 heterocycles. The van der Waals surface area contributed by atoms with E-state index in [0.29, 0.717) is 0 Å². The first-order valence-corrected chi connectivity index (χ1v) is 10.9. The first kappa shape index (κ1) is 17.8. The molecular formula is C16H19N3O4S2. The highest BCUT2D eigenvalue weighted by Gasteiger charge is 2.29. The Balaban J connectivity index is 1.95. The van der Waals surface area contributed by atoms with Crippen molar-refractivity contribution in [1.82, 2.24) is 9.71 Å². The predicted octanol–water partition coefficient (Wildman–Crippen LogP) is 2.10. The average Bonchev–Trinajstić information content (AvgIpc) is 3.08. The second-order valence-electron chi connectivity index (χ2n) is 5.87. The maximum Gasteiger partial charge on any atom is 0.264 e. The maximum absolute atomic E-state index is 12.7. The van der Waals surface area contributed by atoms with Gasteiger partial charge in [0.15, 0.2) is 0 Å². The van der Waals surface area contributed by atoms with Gasteiger partial charge in [-0.25, -0.2) is 26.5 Å². The lowest BCUT2D eigenvalue weighted by molar-refractivity contribution is 0.548. The van der Waals surface area contributed by atoms with Gasteiger partial charge in [0.25, 0.3) is 10.0 Å². The van der Waals surface area contributed by atoms with Gasteiger partial charge in [0, 0.05) is 12.2 Å². The van der Waals surface area contributed by atoms with Crippen molar-refractivity contribution < 1.29 is 16.8 Å². The highest BCUT2D eigenvalue weighted by Crippen LogP contribution is 2.25. The molecule has 1 aliphatic carbocycles. The van der Waals surface area contributed by atoms with Crippen LogP contribution in [0.2, 0.25) is 0 Å². The van der Waals surface area contributed by atoms with Crippen molar-refractivity contribution in [3.05, 3.63) is 48.7 Å². The molecule has 0 amide bonds. The molecule has 1 aromatic heterocycles. The van der Waals surface area contributed by atoms with E-state index >= 15 is 0 Å².